The summed E-state index contributed by atoms with van der Waals surface area (Å²) in [7, 11) is -4.77. The quantitative estimate of drug-likeness (QED) is 0.0201. The first-order valence-corrected chi connectivity index (χ1v) is 20.1. The number of allylic oxidation sites excluding steroid dienone is 6. The summed E-state index contributed by atoms with van der Waals surface area (Å²) in [6, 6.07) is 0. The summed E-state index contributed by atoms with van der Waals surface area (Å²) < 4.78 is 26.2. The number of aliphatic hydroxyl groups excluding tert-OH is 1. The molecule has 0 aliphatic carbocycles. The number of hydrogen-bond acceptors (Lipinski definition) is 7. The Hall–Kier alpha value is -2.03. The van der Waals surface area contributed by atoms with E-state index in [1.54, 1.807) is 6.08 Å². The highest BCUT2D eigenvalue weighted by molar-refractivity contribution is 7.46. The number of ether oxygens (including phenoxy) is 2. The molecule has 9 nitrogen and oxygen atoms in total. The van der Waals surface area contributed by atoms with E-state index in [4.69, 9.17) is 19.3 Å². The third-order valence-corrected chi connectivity index (χ3v) is 8.17. The Morgan fingerprint density at radius 1 is 0.646 bits per heavy atom. The van der Waals surface area contributed by atoms with Crippen LogP contribution >= 0.6 is 7.82 Å². The van der Waals surface area contributed by atoms with E-state index in [2.05, 4.69) is 24.4 Å². The van der Waals surface area contributed by atoms with Crippen molar-refractivity contribution >= 4 is 19.8 Å². The molecule has 0 aromatic heterocycles. The minimum Gasteiger partial charge on any atom is -0.462 e. The second-order valence-corrected chi connectivity index (χ2v) is 13.6. The summed E-state index contributed by atoms with van der Waals surface area (Å²) in [4.78, 5) is 42.6. The maximum absolute atomic E-state index is 12.3. The highest BCUT2D eigenvalue weighted by atomic mass is 31.2. The van der Waals surface area contributed by atoms with Crippen LogP contribution in [0.15, 0.2) is 48.6 Å². The predicted octanol–water partition coefficient (Wildman–Crippen LogP) is 9.76. The molecule has 0 aliphatic rings. The van der Waals surface area contributed by atoms with Gasteiger partial charge in [0.2, 0.25) is 0 Å². The van der Waals surface area contributed by atoms with Gasteiger partial charge in [-0.15, -0.1) is 0 Å². The van der Waals surface area contributed by atoms with Crippen molar-refractivity contribution in [2.75, 3.05) is 13.2 Å². The molecular weight excluding hydrogens is 631 g/mol. The molecule has 3 N–H and O–H groups in total. The van der Waals surface area contributed by atoms with Gasteiger partial charge in [0.05, 0.1) is 12.7 Å². The summed E-state index contributed by atoms with van der Waals surface area (Å²) in [6.45, 7) is 3.51. The first-order chi connectivity index (χ1) is 23.2. The number of rotatable bonds is 33. The number of hydrogen-bond donors (Lipinski definition) is 3. The van der Waals surface area contributed by atoms with Gasteiger partial charge >= 0.3 is 19.8 Å². The fraction of sp³-hybridized carbons (Fsp3) is 0.737. The lowest BCUT2D eigenvalue weighted by Gasteiger charge is -2.18. The lowest BCUT2D eigenvalue weighted by molar-refractivity contribution is -0.161. The average Bonchev–Trinajstić information content (AvgIpc) is 3.04. The van der Waals surface area contributed by atoms with Crippen molar-refractivity contribution in [1.29, 1.82) is 0 Å². The van der Waals surface area contributed by atoms with Crippen molar-refractivity contribution in [3.8, 4) is 0 Å². The number of esters is 2. The van der Waals surface area contributed by atoms with Gasteiger partial charge in [0.1, 0.15) is 6.61 Å². The van der Waals surface area contributed by atoms with Crippen LogP contribution in [0.25, 0.3) is 0 Å². The van der Waals surface area contributed by atoms with Gasteiger partial charge in [-0.3, -0.25) is 14.1 Å². The van der Waals surface area contributed by atoms with Crippen LogP contribution < -0.4 is 0 Å². The van der Waals surface area contributed by atoms with Crippen molar-refractivity contribution in [3.63, 3.8) is 0 Å². The van der Waals surface area contributed by atoms with E-state index in [1.807, 2.05) is 36.5 Å². The van der Waals surface area contributed by atoms with E-state index >= 15 is 0 Å². The van der Waals surface area contributed by atoms with Crippen molar-refractivity contribution in [3.05, 3.63) is 48.6 Å². The van der Waals surface area contributed by atoms with Crippen molar-refractivity contribution in [2.45, 2.75) is 167 Å². The Bertz CT molecular complexity index is 938. The molecule has 0 radical (unpaired) electrons. The van der Waals surface area contributed by atoms with E-state index < -0.39 is 38.6 Å². The molecule has 0 aromatic rings. The SMILES string of the molecule is CCCCC/C=C\C=C/[C@@H](O)C/C=C\C/C=C/CCCC(=O)OC[C@H](COP(=O)(O)O)OC(=O)CCCCCCCCCCCCCC. The number of unbranched alkanes of at least 4 members (excludes halogenated alkanes) is 15. The highest BCUT2D eigenvalue weighted by Crippen LogP contribution is 2.36. The molecular formula is C38H67O9P. The molecule has 0 aromatic carbocycles. The third-order valence-electron chi connectivity index (χ3n) is 7.68. The van der Waals surface area contributed by atoms with Gasteiger partial charge in [-0.2, -0.15) is 0 Å². The van der Waals surface area contributed by atoms with Crippen LogP contribution in [0.2, 0.25) is 0 Å². The van der Waals surface area contributed by atoms with E-state index in [9.17, 15) is 19.3 Å². The summed E-state index contributed by atoms with van der Waals surface area (Å²) in [5.41, 5.74) is 0. The molecule has 0 saturated heterocycles. The Morgan fingerprint density at radius 2 is 1.21 bits per heavy atom. The Balaban J connectivity index is 4.15. The van der Waals surface area contributed by atoms with E-state index in [-0.39, 0.29) is 19.4 Å². The largest absolute Gasteiger partial charge is 0.469 e. The summed E-state index contributed by atoms with van der Waals surface area (Å²) in [5.74, 6) is -0.993. The van der Waals surface area contributed by atoms with Crippen LogP contribution in [0.4, 0.5) is 0 Å². The fourth-order valence-electron chi connectivity index (χ4n) is 4.86. The molecule has 0 heterocycles. The molecule has 0 rings (SSSR count). The molecule has 0 saturated carbocycles. The standard InChI is InChI=1S/C38H67O9P/c1-3-5-7-9-11-12-13-14-15-19-24-28-32-38(41)47-36(34-46-48(42,43)44)33-45-37(40)31-27-23-20-16-18-22-26-30-35(39)29-25-21-17-10-8-6-4-2/h16-17,20-22,25-26,29,35-36,39H,3-15,18-19,23-24,27-28,30-34H2,1-2H3,(H2,42,43,44)/b20-16+,21-17-,26-22-,29-25-/t35-,36-/m1/s1. The highest BCUT2D eigenvalue weighted by Gasteiger charge is 2.22. The van der Waals surface area contributed by atoms with Gasteiger partial charge in [-0.05, 0) is 44.9 Å². The number of carbonyl (C=O) groups excluding carboxylic acids is 2. The Kier molecular flexibility index (Phi) is 32.1. The smallest absolute Gasteiger partial charge is 0.462 e. The molecule has 0 unspecified atom stereocenters. The summed E-state index contributed by atoms with van der Waals surface area (Å²) in [6.07, 6.45) is 35.8. The minimum atomic E-state index is -4.77. The molecule has 0 amide bonds. The average molecular weight is 699 g/mol. The van der Waals surface area contributed by atoms with Gasteiger partial charge < -0.3 is 24.4 Å². The van der Waals surface area contributed by atoms with Crippen LogP contribution in [-0.2, 0) is 28.2 Å². The van der Waals surface area contributed by atoms with E-state index in [0.29, 0.717) is 25.7 Å². The maximum atomic E-state index is 12.3. The van der Waals surface area contributed by atoms with Crippen molar-refractivity contribution in [2.24, 2.45) is 0 Å². The molecule has 2 atom stereocenters. The fourth-order valence-corrected chi connectivity index (χ4v) is 5.22. The molecule has 10 heteroatoms. The molecule has 278 valence electrons. The van der Waals surface area contributed by atoms with Crippen LogP contribution in [0.5, 0.6) is 0 Å². The van der Waals surface area contributed by atoms with Gasteiger partial charge in [0, 0.05) is 12.8 Å². The monoisotopic (exact) mass is 698 g/mol. The summed E-state index contributed by atoms with van der Waals surface area (Å²) >= 11 is 0. The first-order valence-electron chi connectivity index (χ1n) is 18.5. The molecule has 0 aliphatic heterocycles. The number of phosphoric ester groups is 1. The van der Waals surface area contributed by atoms with Gasteiger partial charge in [0.25, 0.3) is 0 Å². The lowest BCUT2D eigenvalue weighted by atomic mass is 10.0. The molecule has 0 bridgehead atoms. The third kappa shape index (κ3) is 35.3. The van der Waals surface area contributed by atoms with Crippen molar-refractivity contribution < 1.29 is 43.0 Å². The number of carbonyl (C=O) groups is 2. The van der Waals surface area contributed by atoms with Crippen LogP contribution in [-0.4, -0.2) is 52.3 Å². The Labute approximate surface area is 291 Å². The first kappa shape index (κ1) is 46.0. The minimum absolute atomic E-state index is 0.157. The number of phosphoric acid groups is 1. The zero-order valence-electron chi connectivity index (χ0n) is 30.0. The maximum Gasteiger partial charge on any atom is 0.469 e. The molecule has 0 fully saturated rings. The van der Waals surface area contributed by atoms with Crippen molar-refractivity contribution in [1.82, 2.24) is 0 Å². The topological polar surface area (TPSA) is 140 Å². The number of aliphatic hydroxyl groups is 1. The van der Waals surface area contributed by atoms with Crippen LogP contribution in [0.3, 0.4) is 0 Å². The Morgan fingerprint density at radius 3 is 1.85 bits per heavy atom. The summed E-state index contributed by atoms with van der Waals surface area (Å²) in [5, 5.41) is 10.0. The second kappa shape index (κ2) is 33.5. The van der Waals surface area contributed by atoms with Gasteiger partial charge in [-0.1, -0.05) is 146 Å². The van der Waals surface area contributed by atoms with Gasteiger partial charge in [-0.25, -0.2) is 4.57 Å². The molecule has 48 heavy (non-hydrogen) atoms. The van der Waals surface area contributed by atoms with Crippen LogP contribution in [0, 0.1) is 0 Å². The lowest BCUT2D eigenvalue weighted by Crippen LogP contribution is -2.29. The predicted molar refractivity (Wildman–Crippen MR) is 194 cm³/mol. The zero-order valence-corrected chi connectivity index (χ0v) is 30.9. The van der Waals surface area contributed by atoms with Crippen LogP contribution in [0.1, 0.15) is 155 Å². The normalized spacial score (nSPS) is 13.7. The molecule has 0 spiro atoms. The second-order valence-electron chi connectivity index (χ2n) is 12.4. The van der Waals surface area contributed by atoms with Gasteiger partial charge in [0.15, 0.2) is 6.10 Å². The zero-order chi connectivity index (χ0) is 35.6. The van der Waals surface area contributed by atoms with E-state index in [0.717, 1.165) is 32.1 Å². The van der Waals surface area contributed by atoms with E-state index in [1.165, 1.54) is 70.6 Å².